The standard InChI is InChI=1S/C19H29N5O6S/c25-14-7-8-15(26)24(14)30-16(27)6-2-4-10-21-18(28)20-9-3-1-5-13-17-12(11-31-13)22-19(29)23-17/h7-8,12-13,17,25-26H,1-6,9-11H2,(H2,20,21,28)(H2,22,23,29)/t12-,13-,17-/m0/s1. The number of nitrogens with zero attached hydrogens (tertiary/aromatic N) is 1. The van der Waals surface area contributed by atoms with E-state index < -0.39 is 5.97 Å². The smallest absolute Gasteiger partial charge is 0.333 e. The van der Waals surface area contributed by atoms with Crippen LogP contribution >= 0.6 is 11.8 Å². The van der Waals surface area contributed by atoms with Gasteiger partial charge in [-0.15, -0.1) is 4.73 Å². The van der Waals surface area contributed by atoms with Gasteiger partial charge in [0.25, 0.3) is 0 Å². The molecule has 2 saturated heterocycles. The van der Waals surface area contributed by atoms with Crippen molar-refractivity contribution in [3.63, 3.8) is 0 Å². The lowest BCUT2D eigenvalue weighted by Crippen LogP contribution is -2.37. The fraction of sp³-hybridized carbons (Fsp3) is 0.632. The van der Waals surface area contributed by atoms with Gasteiger partial charge in [0.1, 0.15) is 0 Å². The molecule has 2 fully saturated rings. The molecule has 1 aromatic rings. The Bertz CT molecular complexity index is 768. The van der Waals surface area contributed by atoms with Gasteiger partial charge in [0.15, 0.2) is 0 Å². The summed E-state index contributed by atoms with van der Waals surface area (Å²) in [4.78, 5) is 39.7. The van der Waals surface area contributed by atoms with Gasteiger partial charge in [0.05, 0.1) is 12.1 Å². The Morgan fingerprint density at radius 3 is 2.48 bits per heavy atom. The van der Waals surface area contributed by atoms with E-state index in [0.29, 0.717) is 35.9 Å². The van der Waals surface area contributed by atoms with Crippen LogP contribution in [-0.4, -0.2) is 69.2 Å². The predicted molar refractivity (Wildman–Crippen MR) is 114 cm³/mol. The van der Waals surface area contributed by atoms with Crippen LogP contribution in [0.2, 0.25) is 0 Å². The Kier molecular flexibility index (Phi) is 8.15. The molecule has 172 valence electrons. The molecule has 4 amide bonds. The maximum Gasteiger partial charge on any atom is 0.333 e. The molecule has 1 aromatic heterocycles. The van der Waals surface area contributed by atoms with E-state index in [9.17, 15) is 24.6 Å². The number of amides is 4. The molecular weight excluding hydrogens is 426 g/mol. The molecule has 0 aromatic carbocycles. The van der Waals surface area contributed by atoms with E-state index in [1.807, 2.05) is 11.8 Å². The third-order valence-corrected chi connectivity index (χ3v) is 6.73. The fourth-order valence-corrected chi connectivity index (χ4v) is 5.16. The van der Waals surface area contributed by atoms with Crippen molar-refractivity contribution in [3.8, 4) is 11.8 Å². The topological polar surface area (TPSA) is 154 Å². The van der Waals surface area contributed by atoms with E-state index in [-0.39, 0.29) is 42.3 Å². The second kappa shape index (κ2) is 11.0. The zero-order chi connectivity index (χ0) is 22.2. The monoisotopic (exact) mass is 455 g/mol. The van der Waals surface area contributed by atoms with Crippen LogP contribution in [-0.2, 0) is 4.79 Å². The SMILES string of the molecule is O=C(NCCCCC(=O)On1c(O)ccc1O)NCCCC[C@@H]1SC[C@@H]2NC(=O)N[C@@H]21. The maximum atomic E-state index is 11.8. The van der Waals surface area contributed by atoms with Gasteiger partial charge in [-0.2, -0.15) is 11.8 Å². The van der Waals surface area contributed by atoms with Crippen LogP contribution in [0.5, 0.6) is 11.8 Å². The molecule has 3 heterocycles. The number of thioether (sulfide) groups is 1. The molecule has 0 saturated carbocycles. The first-order chi connectivity index (χ1) is 14.9. The highest BCUT2D eigenvalue weighted by Crippen LogP contribution is 2.32. The summed E-state index contributed by atoms with van der Waals surface area (Å²) in [6.07, 6.45) is 4.03. The van der Waals surface area contributed by atoms with Crippen LogP contribution in [0.4, 0.5) is 9.59 Å². The Hall–Kier alpha value is -2.76. The molecule has 0 bridgehead atoms. The minimum absolute atomic E-state index is 0.0741. The van der Waals surface area contributed by atoms with E-state index in [1.54, 1.807) is 0 Å². The van der Waals surface area contributed by atoms with Crippen LogP contribution in [0, 0.1) is 0 Å². The van der Waals surface area contributed by atoms with Gasteiger partial charge in [-0.3, -0.25) is 0 Å². The molecule has 0 aliphatic carbocycles. The average Bonchev–Trinajstić information content (AvgIpc) is 3.37. The van der Waals surface area contributed by atoms with Crippen LogP contribution in [0.25, 0.3) is 0 Å². The lowest BCUT2D eigenvalue weighted by Gasteiger charge is -2.16. The van der Waals surface area contributed by atoms with Crippen molar-refractivity contribution in [1.82, 2.24) is 26.0 Å². The highest BCUT2D eigenvalue weighted by Gasteiger charge is 2.42. The van der Waals surface area contributed by atoms with Crippen LogP contribution in [0.15, 0.2) is 12.1 Å². The van der Waals surface area contributed by atoms with Crippen molar-refractivity contribution >= 4 is 29.8 Å². The van der Waals surface area contributed by atoms with Crippen molar-refractivity contribution < 1.29 is 29.4 Å². The Morgan fingerprint density at radius 1 is 1.10 bits per heavy atom. The van der Waals surface area contributed by atoms with Gasteiger partial charge in [-0.05, 0) is 25.7 Å². The zero-order valence-corrected chi connectivity index (χ0v) is 18.0. The summed E-state index contributed by atoms with van der Waals surface area (Å²) in [5.74, 6) is -0.370. The molecule has 11 nitrogen and oxygen atoms in total. The van der Waals surface area contributed by atoms with Crippen molar-refractivity contribution in [2.75, 3.05) is 18.8 Å². The number of unbranched alkanes of at least 4 members (excludes halogenated alkanes) is 2. The number of aromatic hydroxyl groups is 2. The third-order valence-electron chi connectivity index (χ3n) is 5.22. The summed E-state index contributed by atoms with van der Waals surface area (Å²) in [6, 6.07) is 2.55. The summed E-state index contributed by atoms with van der Waals surface area (Å²) in [6.45, 7) is 1.01. The number of fused-ring (bicyclic) bond motifs is 1. The molecule has 0 radical (unpaired) electrons. The van der Waals surface area contributed by atoms with Gasteiger partial charge < -0.3 is 36.3 Å². The van der Waals surface area contributed by atoms with Gasteiger partial charge in [0, 0.05) is 42.6 Å². The first-order valence-electron chi connectivity index (χ1n) is 10.4. The molecule has 12 heteroatoms. The predicted octanol–water partition coefficient (Wildman–Crippen LogP) is 0.660. The second-order valence-electron chi connectivity index (χ2n) is 7.56. The highest BCUT2D eigenvalue weighted by molar-refractivity contribution is 8.00. The largest absolute Gasteiger partial charge is 0.492 e. The molecular formula is C19H29N5O6S. The molecule has 2 aliphatic heterocycles. The molecule has 0 unspecified atom stereocenters. The summed E-state index contributed by atoms with van der Waals surface area (Å²) < 4.78 is 0.651. The Labute approximate surface area is 184 Å². The minimum Gasteiger partial charge on any atom is -0.492 e. The van der Waals surface area contributed by atoms with E-state index in [4.69, 9.17) is 4.84 Å². The lowest BCUT2D eigenvalue weighted by molar-refractivity contribution is -0.145. The van der Waals surface area contributed by atoms with Crippen LogP contribution < -0.4 is 26.1 Å². The number of carbonyl (C=O) groups is 3. The van der Waals surface area contributed by atoms with Gasteiger partial charge in [0.2, 0.25) is 11.8 Å². The number of carbonyl (C=O) groups excluding carboxylic acids is 3. The summed E-state index contributed by atoms with van der Waals surface area (Å²) in [5.41, 5.74) is 0. The van der Waals surface area contributed by atoms with Crippen molar-refractivity contribution in [2.45, 2.75) is 55.9 Å². The average molecular weight is 456 g/mol. The molecule has 2 aliphatic rings. The minimum atomic E-state index is -0.592. The van der Waals surface area contributed by atoms with E-state index >= 15 is 0 Å². The number of aromatic nitrogens is 1. The number of rotatable bonds is 11. The second-order valence-corrected chi connectivity index (χ2v) is 8.84. The Morgan fingerprint density at radius 2 is 1.77 bits per heavy atom. The fourth-order valence-electron chi connectivity index (χ4n) is 3.62. The van der Waals surface area contributed by atoms with Crippen molar-refractivity contribution in [3.05, 3.63) is 12.1 Å². The molecule has 31 heavy (non-hydrogen) atoms. The summed E-state index contributed by atoms with van der Waals surface area (Å²) >= 11 is 1.88. The van der Waals surface area contributed by atoms with Crippen LogP contribution in [0.3, 0.4) is 0 Å². The number of hydrogen-bond donors (Lipinski definition) is 6. The molecule has 0 spiro atoms. The van der Waals surface area contributed by atoms with Gasteiger partial charge in [-0.1, -0.05) is 6.42 Å². The summed E-state index contributed by atoms with van der Waals surface area (Å²) in [7, 11) is 0. The van der Waals surface area contributed by atoms with Crippen molar-refractivity contribution in [1.29, 1.82) is 0 Å². The molecule has 6 N–H and O–H groups in total. The van der Waals surface area contributed by atoms with Crippen molar-refractivity contribution in [2.24, 2.45) is 0 Å². The maximum absolute atomic E-state index is 11.8. The molecule has 3 rings (SSSR count). The molecule has 3 atom stereocenters. The van der Waals surface area contributed by atoms with E-state index in [2.05, 4.69) is 21.3 Å². The normalized spacial score (nSPS) is 21.8. The van der Waals surface area contributed by atoms with Gasteiger partial charge in [-0.25, -0.2) is 14.4 Å². The van der Waals surface area contributed by atoms with E-state index in [0.717, 1.165) is 25.0 Å². The zero-order valence-electron chi connectivity index (χ0n) is 17.1. The first kappa shape index (κ1) is 22.9. The summed E-state index contributed by atoms with van der Waals surface area (Å²) in [5, 5.41) is 30.7. The first-order valence-corrected chi connectivity index (χ1v) is 11.5. The third kappa shape index (κ3) is 6.61. The van der Waals surface area contributed by atoms with Gasteiger partial charge >= 0.3 is 18.0 Å². The Balaban J connectivity index is 1.16. The quantitative estimate of drug-likeness (QED) is 0.212. The number of hydrogen-bond acceptors (Lipinski definition) is 7. The highest BCUT2D eigenvalue weighted by atomic mass is 32.2. The lowest BCUT2D eigenvalue weighted by atomic mass is 10.0. The number of urea groups is 2. The van der Waals surface area contributed by atoms with E-state index in [1.165, 1.54) is 12.1 Å². The number of nitrogens with one attached hydrogen (secondary N) is 4. The van der Waals surface area contributed by atoms with Crippen LogP contribution in [0.1, 0.15) is 38.5 Å².